The highest BCUT2D eigenvalue weighted by Crippen LogP contribution is 2.49. The van der Waals surface area contributed by atoms with Crippen LogP contribution >= 0.6 is 0 Å². The maximum Gasteiger partial charge on any atom is 0.263 e. The molecule has 3 aromatic carbocycles. The molecule has 30 heavy (non-hydrogen) atoms. The van der Waals surface area contributed by atoms with Gasteiger partial charge in [0, 0.05) is 5.70 Å². The van der Waals surface area contributed by atoms with Gasteiger partial charge in [-0.25, -0.2) is 4.39 Å². The molecule has 0 aliphatic carbocycles. The number of para-hydroxylation sites is 2. The Kier molecular flexibility index (Phi) is 4.20. The Hall–Kier alpha value is -3.80. The molecule has 3 aromatic rings. The summed E-state index contributed by atoms with van der Waals surface area (Å²) >= 11 is 0. The van der Waals surface area contributed by atoms with Gasteiger partial charge in [0.2, 0.25) is 0 Å². The van der Waals surface area contributed by atoms with Crippen LogP contribution in [0.3, 0.4) is 0 Å². The summed E-state index contributed by atoms with van der Waals surface area (Å²) in [6, 6.07) is 17.3. The van der Waals surface area contributed by atoms with E-state index in [2.05, 4.69) is 5.32 Å². The van der Waals surface area contributed by atoms with Crippen molar-refractivity contribution in [3.8, 4) is 11.5 Å². The zero-order valence-corrected chi connectivity index (χ0v) is 16.5. The molecule has 1 unspecified atom stereocenters. The zero-order chi connectivity index (χ0) is 20.8. The Bertz CT molecular complexity index is 1190. The monoisotopic (exact) mass is 402 g/mol. The van der Waals surface area contributed by atoms with Gasteiger partial charge in [-0.05, 0) is 47.5 Å². The van der Waals surface area contributed by atoms with Crippen molar-refractivity contribution in [2.24, 2.45) is 0 Å². The highest BCUT2D eigenvalue weighted by molar-refractivity contribution is 6.16. The van der Waals surface area contributed by atoms with E-state index >= 15 is 0 Å². The molecule has 6 heteroatoms. The molecule has 0 aromatic heterocycles. The van der Waals surface area contributed by atoms with E-state index in [0.29, 0.717) is 17.1 Å². The minimum atomic E-state index is -0.344. The number of hydrogen-bond donors (Lipinski definition) is 1. The normalized spacial score (nSPS) is 16.6. The zero-order valence-electron chi connectivity index (χ0n) is 16.5. The van der Waals surface area contributed by atoms with Gasteiger partial charge in [0.25, 0.3) is 5.91 Å². The number of carbonyl (C=O) groups is 1. The van der Waals surface area contributed by atoms with Gasteiger partial charge < -0.3 is 14.8 Å². The van der Waals surface area contributed by atoms with Gasteiger partial charge in [-0.3, -0.25) is 9.69 Å². The summed E-state index contributed by atoms with van der Waals surface area (Å²) < 4.78 is 24.4. The Balaban J connectivity index is 1.75. The van der Waals surface area contributed by atoms with Crippen molar-refractivity contribution in [1.29, 1.82) is 0 Å². The van der Waals surface area contributed by atoms with Crippen molar-refractivity contribution in [2.45, 2.75) is 6.04 Å². The summed E-state index contributed by atoms with van der Waals surface area (Å²) in [5.74, 6) is 0.483. The van der Waals surface area contributed by atoms with Crippen LogP contribution in [-0.4, -0.2) is 20.1 Å². The number of nitrogens with zero attached hydrogens (tertiary/aromatic N) is 1. The second kappa shape index (κ2) is 6.91. The Morgan fingerprint density at radius 2 is 1.73 bits per heavy atom. The number of nitrogens with one attached hydrogen (secondary N) is 1. The number of benzene rings is 3. The summed E-state index contributed by atoms with van der Waals surface area (Å²) in [6.45, 7) is 0. The lowest BCUT2D eigenvalue weighted by Gasteiger charge is -2.22. The third-order valence-electron chi connectivity index (χ3n) is 5.52. The molecule has 2 heterocycles. The number of hydrogen-bond acceptors (Lipinski definition) is 4. The minimum absolute atomic E-state index is 0.156. The average Bonchev–Trinajstić information content (AvgIpc) is 2.94. The molecule has 0 bridgehead atoms. The van der Waals surface area contributed by atoms with Crippen LogP contribution in [0, 0.1) is 5.82 Å². The number of ether oxygens (including phenoxy) is 2. The molecular formula is C24H19FN2O3. The molecule has 5 rings (SSSR count). The molecule has 1 N–H and O–H groups in total. The quantitative estimate of drug-likeness (QED) is 0.669. The van der Waals surface area contributed by atoms with E-state index in [0.717, 1.165) is 28.2 Å². The van der Waals surface area contributed by atoms with E-state index in [1.807, 2.05) is 42.5 Å². The Morgan fingerprint density at radius 1 is 0.967 bits per heavy atom. The molecular weight excluding hydrogens is 383 g/mol. The van der Waals surface area contributed by atoms with Crippen molar-refractivity contribution in [3.63, 3.8) is 0 Å². The fraction of sp³-hybridized carbons (Fsp3) is 0.125. The molecule has 150 valence electrons. The predicted molar refractivity (Wildman–Crippen MR) is 114 cm³/mol. The third kappa shape index (κ3) is 2.64. The van der Waals surface area contributed by atoms with Crippen LogP contribution in [0.25, 0.3) is 5.70 Å². The number of fused-ring (bicyclic) bond motifs is 5. The standard InChI is InChI=1S/C24H19FN2O3/c1-29-21-12-11-16-20-13-18(14-7-9-15(25)10-8-14)26-17-5-3-4-6-19(17)27(20)24(28)22(16)23(21)30-2/h3-13,20,26H,1-2H3. The average molecular weight is 402 g/mol. The van der Waals surface area contributed by atoms with Crippen molar-refractivity contribution in [3.05, 3.63) is 89.2 Å². The summed E-state index contributed by atoms with van der Waals surface area (Å²) in [4.78, 5) is 15.3. The van der Waals surface area contributed by atoms with Crippen LogP contribution in [0.2, 0.25) is 0 Å². The maximum atomic E-state index is 13.6. The number of rotatable bonds is 3. The first kappa shape index (κ1) is 18.2. The van der Waals surface area contributed by atoms with E-state index in [1.54, 1.807) is 24.1 Å². The molecule has 0 spiro atoms. The van der Waals surface area contributed by atoms with Gasteiger partial charge in [-0.1, -0.05) is 30.3 Å². The molecule has 0 saturated heterocycles. The van der Waals surface area contributed by atoms with Gasteiger partial charge >= 0.3 is 0 Å². The lowest BCUT2D eigenvalue weighted by molar-refractivity contribution is 0.0991. The van der Waals surface area contributed by atoms with E-state index in [1.165, 1.54) is 19.2 Å². The maximum absolute atomic E-state index is 13.6. The molecule has 0 radical (unpaired) electrons. The van der Waals surface area contributed by atoms with Crippen LogP contribution < -0.4 is 19.7 Å². The van der Waals surface area contributed by atoms with Gasteiger partial charge in [-0.15, -0.1) is 0 Å². The summed E-state index contributed by atoms with van der Waals surface area (Å²) in [5, 5.41) is 3.42. The fourth-order valence-corrected chi connectivity index (χ4v) is 4.15. The second-order valence-electron chi connectivity index (χ2n) is 7.11. The first-order valence-electron chi connectivity index (χ1n) is 9.54. The fourth-order valence-electron chi connectivity index (χ4n) is 4.15. The molecule has 0 saturated carbocycles. The van der Waals surface area contributed by atoms with Crippen molar-refractivity contribution in [2.75, 3.05) is 24.4 Å². The highest BCUT2D eigenvalue weighted by Gasteiger charge is 2.42. The first-order chi connectivity index (χ1) is 14.6. The smallest absolute Gasteiger partial charge is 0.263 e. The van der Waals surface area contributed by atoms with Gasteiger partial charge in [-0.2, -0.15) is 0 Å². The minimum Gasteiger partial charge on any atom is -0.493 e. The molecule has 5 nitrogen and oxygen atoms in total. The summed E-state index contributed by atoms with van der Waals surface area (Å²) in [6.07, 6.45) is 1.99. The predicted octanol–water partition coefficient (Wildman–Crippen LogP) is 5.01. The topological polar surface area (TPSA) is 50.8 Å². The van der Waals surface area contributed by atoms with Crippen LogP contribution in [-0.2, 0) is 0 Å². The van der Waals surface area contributed by atoms with E-state index in [9.17, 15) is 9.18 Å². The lowest BCUT2D eigenvalue weighted by Crippen LogP contribution is -2.26. The Labute approximate surface area is 173 Å². The van der Waals surface area contributed by atoms with Crippen molar-refractivity contribution in [1.82, 2.24) is 0 Å². The van der Waals surface area contributed by atoms with Crippen LogP contribution in [0.1, 0.15) is 27.5 Å². The second-order valence-corrected chi connectivity index (χ2v) is 7.11. The van der Waals surface area contributed by atoms with Crippen molar-refractivity contribution >= 4 is 23.0 Å². The van der Waals surface area contributed by atoms with Crippen LogP contribution in [0.5, 0.6) is 11.5 Å². The largest absolute Gasteiger partial charge is 0.493 e. The molecule has 1 atom stereocenters. The lowest BCUT2D eigenvalue weighted by atomic mass is 10.0. The van der Waals surface area contributed by atoms with Gasteiger partial charge in [0.15, 0.2) is 11.5 Å². The van der Waals surface area contributed by atoms with E-state index in [-0.39, 0.29) is 17.8 Å². The van der Waals surface area contributed by atoms with Crippen molar-refractivity contribution < 1.29 is 18.7 Å². The summed E-state index contributed by atoms with van der Waals surface area (Å²) in [5.41, 5.74) is 4.50. The third-order valence-corrected chi connectivity index (χ3v) is 5.52. The summed E-state index contributed by atoms with van der Waals surface area (Å²) in [7, 11) is 3.08. The number of halogens is 1. The van der Waals surface area contributed by atoms with Crippen LogP contribution in [0.4, 0.5) is 15.8 Å². The molecule has 2 aliphatic rings. The SMILES string of the molecule is COc1ccc2c(c1OC)C(=O)N1c3ccccc3NC(c3ccc(F)cc3)=CC21. The van der Waals surface area contributed by atoms with Gasteiger partial charge in [0.05, 0.1) is 37.2 Å². The number of amides is 1. The molecule has 2 aliphatic heterocycles. The van der Waals surface area contributed by atoms with E-state index in [4.69, 9.17) is 9.47 Å². The number of anilines is 2. The number of methoxy groups -OCH3 is 2. The number of carbonyl (C=O) groups excluding carboxylic acids is 1. The van der Waals surface area contributed by atoms with E-state index < -0.39 is 0 Å². The molecule has 0 fully saturated rings. The molecule has 1 amide bonds. The first-order valence-corrected chi connectivity index (χ1v) is 9.54. The Morgan fingerprint density at radius 3 is 2.47 bits per heavy atom. The van der Waals surface area contributed by atoms with Gasteiger partial charge in [0.1, 0.15) is 5.82 Å². The van der Waals surface area contributed by atoms with Crippen LogP contribution in [0.15, 0.2) is 66.7 Å². The highest BCUT2D eigenvalue weighted by atomic mass is 19.1.